The Kier molecular flexibility index (Phi) is 7.11. The van der Waals surface area contributed by atoms with Crippen molar-refractivity contribution in [1.82, 2.24) is 5.32 Å². The van der Waals surface area contributed by atoms with Gasteiger partial charge in [0.15, 0.2) is 18.1 Å². The summed E-state index contributed by atoms with van der Waals surface area (Å²) in [4.78, 5) is 24.8. The molecule has 7 heteroatoms. The SMILES string of the molecule is CC[NH+](CC(=O)NC(=O)Nc1ccccc1)Cc1ccc(OC)c(F)c1. The number of amides is 3. The maximum atomic E-state index is 13.8. The second-order valence-electron chi connectivity index (χ2n) is 5.79. The molecule has 0 heterocycles. The number of rotatable bonds is 7. The van der Waals surface area contributed by atoms with Gasteiger partial charge >= 0.3 is 6.03 Å². The Morgan fingerprint density at radius 1 is 1.15 bits per heavy atom. The molecule has 1 atom stereocenters. The van der Waals surface area contributed by atoms with E-state index in [-0.39, 0.29) is 12.3 Å². The van der Waals surface area contributed by atoms with Crippen LogP contribution in [0.4, 0.5) is 14.9 Å². The monoisotopic (exact) mass is 360 g/mol. The average Bonchev–Trinajstić information content (AvgIpc) is 2.62. The van der Waals surface area contributed by atoms with Crippen molar-refractivity contribution in [2.24, 2.45) is 0 Å². The van der Waals surface area contributed by atoms with E-state index in [0.29, 0.717) is 18.8 Å². The summed E-state index contributed by atoms with van der Waals surface area (Å²) in [5.41, 5.74) is 1.35. The summed E-state index contributed by atoms with van der Waals surface area (Å²) in [6.07, 6.45) is 0. The summed E-state index contributed by atoms with van der Waals surface area (Å²) < 4.78 is 18.7. The van der Waals surface area contributed by atoms with Gasteiger partial charge in [-0.15, -0.1) is 0 Å². The highest BCUT2D eigenvalue weighted by Gasteiger charge is 2.16. The zero-order chi connectivity index (χ0) is 18.9. The van der Waals surface area contributed by atoms with Gasteiger partial charge in [-0.3, -0.25) is 10.1 Å². The molecule has 0 bridgehead atoms. The maximum absolute atomic E-state index is 13.8. The number of carbonyl (C=O) groups is 2. The molecule has 0 aliphatic rings. The van der Waals surface area contributed by atoms with Crippen LogP contribution in [0.3, 0.4) is 0 Å². The van der Waals surface area contributed by atoms with Crippen molar-refractivity contribution in [3.63, 3.8) is 0 Å². The molecule has 6 nitrogen and oxygen atoms in total. The van der Waals surface area contributed by atoms with Crippen LogP contribution >= 0.6 is 0 Å². The van der Waals surface area contributed by atoms with Gasteiger partial charge in [-0.2, -0.15) is 0 Å². The first kappa shape index (κ1) is 19.4. The molecule has 1 unspecified atom stereocenters. The van der Waals surface area contributed by atoms with E-state index < -0.39 is 17.8 Å². The number of para-hydroxylation sites is 1. The fraction of sp³-hybridized carbons (Fsp3) is 0.263. The van der Waals surface area contributed by atoms with E-state index in [0.717, 1.165) is 10.5 Å². The molecule has 2 aromatic carbocycles. The van der Waals surface area contributed by atoms with Crippen molar-refractivity contribution in [3.05, 3.63) is 59.9 Å². The number of methoxy groups -OCH3 is 1. The average molecular weight is 360 g/mol. The topological polar surface area (TPSA) is 71.9 Å². The van der Waals surface area contributed by atoms with Crippen LogP contribution in [0.15, 0.2) is 48.5 Å². The highest BCUT2D eigenvalue weighted by atomic mass is 19.1. The molecule has 2 aromatic rings. The highest BCUT2D eigenvalue weighted by Crippen LogP contribution is 2.17. The van der Waals surface area contributed by atoms with Crippen molar-refractivity contribution in [2.45, 2.75) is 13.5 Å². The Morgan fingerprint density at radius 2 is 1.88 bits per heavy atom. The predicted octanol–water partition coefficient (Wildman–Crippen LogP) is 1.59. The molecule has 138 valence electrons. The van der Waals surface area contributed by atoms with Crippen LogP contribution in [0, 0.1) is 5.82 Å². The number of quaternary nitrogens is 1. The van der Waals surface area contributed by atoms with Crippen LogP contribution in [-0.4, -0.2) is 32.1 Å². The van der Waals surface area contributed by atoms with Crippen molar-refractivity contribution >= 4 is 17.6 Å². The molecule has 3 amide bonds. The minimum absolute atomic E-state index is 0.104. The lowest BCUT2D eigenvalue weighted by atomic mass is 10.2. The molecule has 0 aromatic heterocycles. The second-order valence-corrected chi connectivity index (χ2v) is 5.79. The van der Waals surface area contributed by atoms with Crippen LogP contribution in [-0.2, 0) is 11.3 Å². The van der Waals surface area contributed by atoms with Gasteiger partial charge in [0.2, 0.25) is 0 Å². The zero-order valence-corrected chi connectivity index (χ0v) is 14.8. The Morgan fingerprint density at radius 3 is 2.50 bits per heavy atom. The number of ether oxygens (including phenoxy) is 1. The fourth-order valence-electron chi connectivity index (χ4n) is 2.50. The normalized spacial score (nSPS) is 11.5. The number of benzene rings is 2. The highest BCUT2D eigenvalue weighted by molar-refractivity contribution is 6.01. The largest absolute Gasteiger partial charge is 0.494 e. The summed E-state index contributed by atoms with van der Waals surface area (Å²) in [6.45, 7) is 3.14. The van der Waals surface area contributed by atoms with Crippen LogP contribution in [0.25, 0.3) is 0 Å². The summed E-state index contributed by atoms with van der Waals surface area (Å²) in [5, 5.41) is 4.90. The Bertz CT molecular complexity index is 753. The van der Waals surface area contributed by atoms with Crippen molar-refractivity contribution < 1.29 is 23.6 Å². The molecule has 0 saturated heterocycles. The van der Waals surface area contributed by atoms with Gasteiger partial charge in [-0.05, 0) is 37.3 Å². The van der Waals surface area contributed by atoms with E-state index in [4.69, 9.17) is 4.74 Å². The van der Waals surface area contributed by atoms with Crippen LogP contribution in [0.2, 0.25) is 0 Å². The molecule has 0 aliphatic heterocycles. The molecular weight excluding hydrogens is 337 g/mol. The number of anilines is 1. The summed E-state index contributed by atoms with van der Waals surface area (Å²) >= 11 is 0. The number of likely N-dealkylation sites (N-methyl/N-ethyl adjacent to an activating group) is 1. The first-order valence-corrected chi connectivity index (χ1v) is 8.33. The summed E-state index contributed by atoms with van der Waals surface area (Å²) in [5.74, 6) is -0.654. The summed E-state index contributed by atoms with van der Waals surface area (Å²) in [7, 11) is 1.41. The molecule has 0 radical (unpaired) electrons. The van der Waals surface area contributed by atoms with Gasteiger partial charge in [0.05, 0.1) is 13.7 Å². The van der Waals surface area contributed by atoms with Gasteiger partial charge in [0, 0.05) is 11.3 Å². The first-order valence-electron chi connectivity index (χ1n) is 8.33. The molecule has 0 fully saturated rings. The lowest BCUT2D eigenvalue weighted by Gasteiger charge is -2.17. The van der Waals surface area contributed by atoms with Gasteiger partial charge < -0.3 is 15.0 Å². The Labute approximate surface area is 152 Å². The van der Waals surface area contributed by atoms with Crippen molar-refractivity contribution in [3.8, 4) is 5.75 Å². The van der Waals surface area contributed by atoms with Gasteiger partial charge in [-0.1, -0.05) is 18.2 Å². The van der Waals surface area contributed by atoms with E-state index in [1.54, 1.807) is 36.4 Å². The number of urea groups is 1. The van der Waals surface area contributed by atoms with E-state index in [9.17, 15) is 14.0 Å². The summed E-state index contributed by atoms with van der Waals surface area (Å²) in [6, 6.07) is 13.0. The minimum Gasteiger partial charge on any atom is -0.494 e. The van der Waals surface area contributed by atoms with Crippen LogP contribution in [0.1, 0.15) is 12.5 Å². The number of nitrogens with one attached hydrogen (secondary N) is 3. The van der Waals surface area contributed by atoms with Crippen LogP contribution < -0.4 is 20.3 Å². The molecule has 3 N–H and O–H groups in total. The Hall–Kier alpha value is -2.93. The van der Waals surface area contributed by atoms with E-state index >= 15 is 0 Å². The third-order valence-corrected chi connectivity index (χ3v) is 3.87. The smallest absolute Gasteiger partial charge is 0.326 e. The zero-order valence-electron chi connectivity index (χ0n) is 14.8. The number of carbonyl (C=O) groups excluding carboxylic acids is 2. The fourth-order valence-corrected chi connectivity index (χ4v) is 2.50. The number of halogens is 1. The molecular formula is C19H23FN3O3+. The lowest BCUT2D eigenvalue weighted by Crippen LogP contribution is -3.11. The Balaban J connectivity index is 1.87. The minimum atomic E-state index is -0.577. The van der Waals surface area contributed by atoms with E-state index in [1.165, 1.54) is 13.2 Å². The third kappa shape index (κ3) is 5.86. The van der Waals surface area contributed by atoms with E-state index in [1.807, 2.05) is 13.0 Å². The second kappa shape index (κ2) is 9.53. The van der Waals surface area contributed by atoms with Gasteiger partial charge in [-0.25, -0.2) is 9.18 Å². The van der Waals surface area contributed by atoms with Crippen molar-refractivity contribution in [1.29, 1.82) is 0 Å². The number of hydrogen-bond donors (Lipinski definition) is 3. The first-order chi connectivity index (χ1) is 12.5. The predicted molar refractivity (Wildman–Crippen MR) is 96.6 cm³/mol. The lowest BCUT2D eigenvalue weighted by molar-refractivity contribution is -0.904. The third-order valence-electron chi connectivity index (χ3n) is 3.87. The van der Waals surface area contributed by atoms with Gasteiger partial charge in [0.25, 0.3) is 5.91 Å². The molecule has 2 rings (SSSR count). The quantitative estimate of drug-likeness (QED) is 0.702. The standard InChI is InChI=1S/C19H22FN3O3/c1-3-23(12-14-9-10-17(26-2)16(20)11-14)13-18(24)22-19(25)21-15-7-5-4-6-8-15/h4-11H,3,12-13H2,1-2H3,(H2,21,22,24,25)/p+1. The number of imide groups is 1. The van der Waals surface area contributed by atoms with Crippen molar-refractivity contribution in [2.75, 3.05) is 25.5 Å². The molecule has 26 heavy (non-hydrogen) atoms. The molecule has 0 aliphatic carbocycles. The van der Waals surface area contributed by atoms with E-state index in [2.05, 4.69) is 10.6 Å². The van der Waals surface area contributed by atoms with Crippen LogP contribution in [0.5, 0.6) is 5.75 Å². The number of hydrogen-bond acceptors (Lipinski definition) is 3. The molecule has 0 saturated carbocycles. The van der Waals surface area contributed by atoms with Gasteiger partial charge in [0.1, 0.15) is 6.54 Å². The maximum Gasteiger partial charge on any atom is 0.326 e. The molecule has 0 spiro atoms.